The zero-order chi connectivity index (χ0) is 16.7. The van der Waals surface area contributed by atoms with Crippen LogP contribution in [0.25, 0.3) is 0 Å². The molecular formula is C19H22FN3O. The Kier molecular flexibility index (Phi) is 3.88. The monoisotopic (exact) mass is 327 g/mol. The van der Waals surface area contributed by atoms with Gasteiger partial charge in [-0.1, -0.05) is 12.1 Å². The van der Waals surface area contributed by atoms with Crippen LogP contribution >= 0.6 is 0 Å². The van der Waals surface area contributed by atoms with E-state index in [1.807, 2.05) is 29.8 Å². The van der Waals surface area contributed by atoms with Crippen molar-refractivity contribution in [2.24, 2.45) is 7.05 Å². The van der Waals surface area contributed by atoms with Crippen LogP contribution in [0.3, 0.4) is 0 Å². The van der Waals surface area contributed by atoms with Gasteiger partial charge in [-0.05, 0) is 42.2 Å². The predicted molar refractivity (Wildman–Crippen MR) is 90.1 cm³/mol. The summed E-state index contributed by atoms with van der Waals surface area (Å²) in [6, 6.07) is 9.10. The third kappa shape index (κ3) is 3.08. The van der Waals surface area contributed by atoms with E-state index < -0.39 is 0 Å². The molecule has 0 radical (unpaired) electrons. The molecular weight excluding hydrogens is 305 g/mol. The first kappa shape index (κ1) is 15.4. The zero-order valence-corrected chi connectivity index (χ0v) is 13.9. The summed E-state index contributed by atoms with van der Waals surface area (Å²) in [7, 11) is 1.98. The topological polar surface area (TPSA) is 37.3 Å². The first-order valence-electron chi connectivity index (χ1n) is 8.55. The average Bonchev–Trinajstić information content (AvgIpc) is 3.32. The van der Waals surface area contributed by atoms with Crippen molar-refractivity contribution in [3.05, 3.63) is 58.7 Å². The zero-order valence-electron chi connectivity index (χ0n) is 13.9. The average molecular weight is 327 g/mol. The first-order chi connectivity index (χ1) is 11.6. The van der Waals surface area contributed by atoms with Crippen molar-refractivity contribution in [1.82, 2.24) is 14.8 Å². The Balaban J connectivity index is 1.48. The molecule has 0 unspecified atom stereocenters. The largest absolute Gasteiger partial charge is 0.348 e. The molecule has 0 saturated heterocycles. The van der Waals surface area contributed by atoms with Gasteiger partial charge in [0, 0.05) is 44.8 Å². The van der Waals surface area contributed by atoms with E-state index in [1.54, 1.807) is 0 Å². The highest BCUT2D eigenvalue weighted by atomic mass is 19.1. The van der Waals surface area contributed by atoms with Gasteiger partial charge in [-0.3, -0.25) is 9.69 Å². The van der Waals surface area contributed by atoms with E-state index in [4.69, 9.17) is 0 Å². The molecule has 1 aliphatic carbocycles. The predicted octanol–water partition coefficient (Wildman–Crippen LogP) is 2.61. The number of carbonyl (C=O) groups excluding carboxylic acids is 1. The molecule has 2 heterocycles. The number of nitrogens with one attached hydrogen (secondary N) is 1. The Bertz CT molecular complexity index is 762. The second kappa shape index (κ2) is 6.06. The van der Waals surface area contributed by atoms with Crippen LogP contribution in [0.2, 0.25) is 0 Å². The highest BCUT2D eigenvalue weighted by Gasteiger charge is 2.27. The lowest BCUT2D eigenvalue weighted by Gasteiger charge is -2.27. The van der Waals surface area contributed by atoms with Crippen LogP contribution in [0.15, 0.2) is 30.3 Å². The molecule has 1 saturated carbocycles. The van der Waals surface area contributed by atoms with Crippen LogP contribution in [-0.2, 0) is 26.6 Å². The van der Waals surface area contributed by atoms with Crippen molar-refractivity contribution in [2.75, 3.05) is 6.54 Å². The maximum absolute atomic E-state index is 13.0. The van der Waals surface area contributed by atoms with Crippen LogP contribution in [0, 0.1) is 5.82 Å². The fraction of sp³-hybridized carbons (Fsp3) is 0.421. The number of halogens is 1. The van der Waals surface area contributed by atoms with E-state index in [0.717, 1.165) is 50.2 Å². The van der Waals surface area contributed by atoms with Crippen LogP contribution < -0.4 is 5.32 Å². The standard InChI is InChI=1S/C19H22FN3O/c1-22-17-8-9-23(11-13-2-4-15(20)5-3-13)12-14(17)10-18(22)19(24)21-16-6-7-16/h2-5,10,16H,6-9,11-12H2,1H3,(H,21,24). The number of rotatable bonds is 4. The SMILES string of the molecule is Cn1c(C(=O)NC2CC2)cc2c1CCN(Cc1ccc(F)cc1)C2. The van der Waals surface area contributed by atoms with Crippen molar-refractivity contribution >= 4 is 5.91 Å². The number of hydrogen-bond acceptors (Lipinski definition) is 2. The Morgan fingerprint density at radius 3 is 2.75 bits per heavy atom. The van der Waals surface area contributed by atoms with E-state index in [1.165, 1.54) is 23.4 Å². The van der Waals surface area contributed by atoms with Crippen molar-refractivity contribution < 1.29 is 9.18 Å². The van der Waals surface area contributed by atoms with Gasteiger partial charge in [-0.2, -0.15) is 0 Å². The molecule has 1 N–H and O–H groups in total. The number of hydrogen-bond donors (Lipinski definition) is 1. The molecule has 24 heavy (non-hydrogen) atoms. The molecule has 0 spiro atoms. The molecule has 1 aromatic heterocycles. The summed E-state index contributed by atoms with van der Waals surface area (Å²) in [6.45, 7) is 2.58. The van der Waals surface area contributed by atoms with Crippen molar-refractivity contribution in [1.29, 1.82) is 0 Å². The van der Waals surface area contributed by atoms with Gasteiger partial charge in [-0.25, -0.2) is 4.39 Å². The number of aromatic nitrogens is 1. The van der Waals surface area contributed by atoms with Gasteiger partial charge in [0.1, 0.15) is 11.5 Å². The van der Waals surface area contributed by atoms with E-state index in [-0.39, 0.29) is 11.7 Å². The van der Waals surface area contributed by atoms with Gasteiger partial charge >= 0.3 is 0 Å². The Morgan fingerprint density at radius 2 is 2.04 bits per heavy atom. The maximum Gasteiger partial charge on any atom is 0.268 e. The molecule has 4 rings (SSSR count). The normalized spacial score (nSPS) is 17.6. The highest BCUT2D eigenvalue weighted by Crippen LogP contribution is 2.25. The second-order valence-corrected chi connectivity index (χ2v) is 6.90. The fourth-order valence-electron chi connectivity index (χ4n) is 3.44. The Labute approximate surface area is 141 Å². The summed E-state index contributed by atoms with van der Waals surface area (Å²) in [6.07, 6.45) is 3.13. The molecule has 2 aromatic rings. The van der Waals surface area contributed by atoms with E-state index in [2.05, 4.69) is 10.2 Å². The molecule has 1 fully saturated rings. The quantitative estimate of drug-likeness (QED) is 0.937. The molecule has 0 atom stereocenters. The van der Waals surface area contributed by atoms with Gasteiger partial charge in [-0.15, -0.1) is 0 Å². The smallest absolute Gasteiger partial charge is 0.268 e. The van der Waals surface area contributed by atoms with Crippen LogP contribution in [0.1, 0.15) is 40.2 Å². The number of amides is 1. The molecule has 1 amide bonds. The van der Waals surface area contributed by atoms with Crippen molar-refractivity contribution in [3.63, 3.8) is 0 Å². The van der Waals surface area contributed by atoms with E-state index >= 15 is 0 Å². The summed E-state index contributed by atoms with van der Waals surface area (Å²) < 4.78 is 15.1. The third-order valence-electron chi connectivity index (χ3n) is 4.97. The Morgan fingerprint density at radius 1 is 1.29 bits per heavy atom. The molecule has 0 bridgehead atoms. The van der Waals surface area contributed by atoms with E-state index in [0.29, 0.717) is 6.04 Å². The third-order valence-corrected chi connectivity index (χ3v) is 4.97. The summed E-state index contributed by atoms with van der Waals surface area (Å²) in [4.78, 5) is 14.7. The lowest BCUT2D eigenvalue weighted by atomic mass is 10.1. The Hall–Kier alpha value is -2.14. The van der Waals surface area contributed by atoms with Crippen LogP contribution in [0.5, 0.6) is 0 Å². The highest BCUT2D eigenvalue weighted by molar-refractivity contribution is 5.93. The minimum Gasteiger partial charge on any atom is -0.348 e. The molecule has 126 valence electrons. The van der Waals surface area contributed by atoms with Gasteiger partial charge in [0.05, 0.1) is 0 Å². The minimum atomic E-state index is -0.200. The number of carbonyl (C=O) groups is 1. The van der Waals surface area contributed by atoms with Gasteiger partial charge in [0.2, 0.25) is 0 Å². The lowest BCUT2D eigenvalue weighted by Crippen LogP contribution is -2.30. The molecule has 2 aliphatic rings. The fourth-order valence-corrected chi connectivity index (χ4v) is 3.44. The molecule has 4 nitrogen and oxygen atoms in total. The number of benzene rings is 1. The molecule has 1 aromatic carbocycles. The number of nitrogens with zero attached hydrogens (tertiary/aromatic N) is 2. The summed E-state index contributed by atoms with van der Waals surface area (Å²) in [5, 5.41) is 3.07. The number of fused-ring (bicyclic) bond motifs is 1. The summed E-state index contributed by atoms with van der Waals surface area (Å²) in [5.74, 6) is -0.159. The van der Waals surface area contributed by atoms with Gasteiger partial charge in [0.15, 0.2) is 0 Å². The lowest BCUT2D eigenvalue weighted by molar-refractivity contribution is 0.0942. The summed E-state index contributed by atoms with van der Waals surface area (Å²) in [5.41, 5.74) is 4.36. The van der Waals surface area contributed by atoms with Crippen LogP contribution in [0.4, 0.5) is 4.39 Å². The first-order valence-corrected chi connectivity index (χ1v) is 8.55. The maximum atomic E-state index is 13.0. The van der Waals surface area contributed by atoms with Crippen LogP contribution in [-0.4, -0.2) is 28.0 Å². The van der Waals surface area contributed by atoms with Crippen molar-refractivity contribution in [2.45, 2.75) is 38.4 Å². The van der Waals surface area contributed by atoms with Crippen molar-refractivity contribution in [3.8, 4) is 0 Å². The minimum absolute atomic E-state index is 0.0412. The van der Waals surface area contributed by atoms with Gasteiger partial charge < -0.3 is 9.88 Å². The molecule has 5 heteroatoms. The van der Waals surface area contributed by atoms with Gasteiger partial charge in [0.25, 0.3) is 5.91 Å². The second-order valence-electron chi connectivity index (χ2n) is 6.90. The summed E-state index contributed by atoms with van der Waals surface area (Å²) >= 11 is 0. The molecule has 1 aliphatic heterocycles. The van der Waals surface area contributed by atoms with E-state index in [9.17, 15) is 9.18 Å².